The quantitative estimate of drug-likeness (QED) is 0.759. The van der Waals surface area contributed by atoms with Crippen LogP contribution in [0.3, 0.4) is 0 Å². The molecular weight excluding hydrogens is 200 g/mol. The molecule has 0 bridgehead atoms. The first-order valence-electron chi connectivity index (χ1n) is 3.78. The minimum absolute atomic E-state index is 0.360. The molecule has 0 aromatic carbocycles. The van der Waals surface area contributed by atoms with Crippen LogP contribution in [-0.4, -0.2) is 19.7 Å². The number of anilines is 1. The largest absolute Gasteiger partial charge is 0.374 e. The zero-order valence-electron chi connectivity index (χ0n) is 7.08. The Bertz CT molecular complexity index is 478. The van der Waals surface area contributed by atoms with Gasteiger partial charge in [0.2, 0.25) is 11.0 Å². The third-order valence-electron chi connectivity index (χ3n) is 1.60. The van der Waals surface area contributed by atoms with E-state index in [1.807, 2.05) is 6.07 Å². The lowest BCUT2D eigenvalue weighted by molar-refractivity contribution is 0.764. The molecule has 0 radical (unpaired) electrons. The minimum atomic E-state index is 0.360. The molecule has 6 nitrogen and oxygen atoms in total. The lowest BCUT2D eigenvalue weighted by Gasteiger charge is -1.97. The van der Waals surface area contributed by atoms with Gasteiger partial charge in [0, 0.05) is 12.4 Å². The highest BCUT2D eigenvalue weighted by Gasteiger charge is 2.05. The Morgan fingerprint density at radius 3 is 3.07 bits per heavy atom. The van der Waals surface area contributed by atoms with E-state index in [-0.39, 0.29) is 0 Å². The average Bonchev–Trinajstić information content (AvgIpc) is 2.76. The van der Waals surface area contributed by atoms with Crippen LogP contribution in [0.1, 0.15) is 10.8 Å². The molecule has 14 heavy (non-hydrogen) atoms. The Kier molecular flexibility index (Phi) is 2.12. The van der Waals surface area contributed by atoms with Crippen LogP contribution in [0.4, 0.5) is 5.13 Å². The van der Waals surface area contributed by atoms with Crippen LogP contribution in [0.5, 0.6) is 0 Å². The Morgan fingerprint density at radius 1 is 1.57 bits per heavy atom. The number of aromatic nitrogens is 4. The molecule has 0 saturated carbocycles. The maximum atomic E-state index is 8.70. The molecule has 0 spiro atoms. The molecule has 0 aliphatic heterocycles. The summed E-state index contributed by atoms with van der Waals surface area (Å²) in [6.07, 6.45) is 3.29. The van der Waals surface area contributed by atoms with Gasteiger partial charge < -0.3 is 10.3 Å². The summed E-state index contributed by atoms with van der Waals surface area (Å²) in [6.45, 7) is 0.484. The number of hydrogen-bond acceptors (Lipinski definition) is 6. The zero-order valence-corrected chi connectivity index (χ0v) is 7.90. The fraction of sp³-hybridized carbons (Fsp3) is 0.143. The van der Waals surface area contributed by atoms with Crippen molar-refractivity contribution in [2.24, 2.45) is 0 Å². The van der Waals surface area contributed by atoms with E-state index in [9.17, 15) is 0 Å². The first kappa shape index (κ1) is 8.65. The van der Waals surface area contributed by atoms with Crippen LogP contribution in [-0.2, 0) is 6.54 Å². The summed E-state index contributed by atoms with van der Waals surface area (Å²) < 4.78 is 1.69. The van der Waals surface area contributed by atoms with Gasteiger partial charge in [0.1, 0.15) is 11.1 Å². The summed E-state index contributed by atoms with van der Waals surface area (Å²) >= 11 is 1.30. The third kappa shape index (κ3) is 1.55. The first-order valence-corrected chi connectivity index (χ1v) is 4.60. The Labute approximate surface area is 83.6 Å². The standard InChI is InChI=1S/C7H6N6S/c8-3-5-10-1-2-13(5)4-6-11-12-7(9)14-6/h1-2H,4H2,(H2,9,12). The molecule has 2 rings (SSSR count). The molecule has 0 unspecified atom stereocenters. The Hall–Kier alpha value is -1.94. The van der Waals surface area contributed by atoms with Crippen LogP contribution >= 0.6 is 11.3 Å². The SMILES string of the molecule is N#Cc1nccn1Cc1nnc(N)s1. The first-order chi connectivity index (χ1) is 6.79. The van der Waals surface area contributed by atoms with E-state index in [1.54, 1.807) is 17.0 Å². The number of nitriles is 1. The predicted octanol–water partition coefficient (Wildman–Crippen LogP) is 0.237. The van der Waals surface area contributed by atoms with E-state index >= 15 is 0 Å². The van der Waals surface area contributed by atoms with Crippen molar-refractivity contribution in [3.8, 4) is 6.07 Å². The van der Waals surface area contributed by atoms with E-state index in [0.29, 0.717) is 17.5 Å². The molecule has 2 heterocycles. The van der Waals surface area contributed by atoms with Gasteiger partial charge in [-0.05, 0) is 0 Å². The second-order valence-electron chi connectivity index (χ2n) is 2.52. The molecule has 2 aromatic rings. The number of imidazole rings is 1. The lowest BCUT2D eigenvalue weighted by atomic mass is 10.6. The Morgan fingerprint density at radius 2 is 2.43 bits per heavy atom. The number of rotatable bonds is 2. The van der Waals surface area contributed by atoms with Gasteiger partial charge in [0.05, 0.1) is 6.54 Å². The molecule has 0 fully saturated rings. The molecule has 0 aliphatic carbocycles. The number of nitrogens with two attached hydrogens (primary N) is 1. The average molecular weight is 206 g/mol. The summed E-state index contributed by atoms with van der Waals surface area (Å²) in [6, 6.07) is 1.98. The van der Waals surface area contributed by atoms with Crippen LogP contribution in [0.2, 0.25) is 0 Å². The monoisotopic (exact) mass is 206 g/mol. The normalized spacial score (nSPS) is 9.93. The molecule has 2 N–H and O–H groups in total. The highest BCUT2D eigenvalue weighted by atomic mass is 32.1. The molecule has 2 aromatic heterocycles. The topological polar surface area (TPSA) is 93.4 Å². The molecule has 0 aliphatic rings. The molecule has 70 valence electrons. The van der Waals surface area contributed by atoms with E-state index in [1.165, 1.54) is 11.3 Å². The van der Waals surface area contributed by atoms with Crippen molar-refractivity contribution in [2.45, 2.75) is 6.54 Å². The van der Waals surface area contributed by atoms with E-state index in [0.717, 1.165) is 5.01 Å². The van der Waals surface area contributed by atoms with Crippen molar-refractivity contribution in [2.75, 3.05) is 5.73 Å². The summed E-state index contributed by atoms with van der Waals surface area (Å²) in [4.78, 5) is 3.86. The number of nitrogens with zero attached hydrogens (tertiary/aromatic N) is 5. The second-order valence-corrected chi connectivity index (χ2v) is 3.62. The number of nitrogen functional groups attached to an aromatic ring is 1. The fourth-order valence-electron chi connectivity index (χ4n) is 1.03. The van der Waals surface area contributed by atoms with Crippen LogP contribution in [0, 0.1) is 11.3 Å². The third-order valence-corrected chi connectivity index (χ3v) is 2.34. The maximum Gasteiger partial charge on any atom is 0.213 e. The van der Waals surface area contributed by atoms with E-state index in [4.69, 9.17) is 11.0 Å². The predicted molar refractivity (Wildman–Crippen MR) is 50.4 cm³/mol. The van der Waals surface area contributed by atoms with Crippen LogP contribution in [0.25, 0.3) is 0 Å². The Balaban J connectivity index is 2.23. The summed E-state index contributed by atoms with van der Waals surface area (Å²) in [5.74, 6) is 0.360. The number of hydrogen-bond donors (Lipinski definition) is 1. The summed E-state index contributed by atoms with van der Waals surface area (Å²) in [7, 11) is 0. The second kappa shape index (κ2) is 3.43. The van der Waals surface area contributed by atoms with Gasteiger partial charge in [0.15, 0.2) is 0 Å². The van der Waals surface area contributed by atoms with Gasteiger partial charge in [-0.15, -0.1) is 10.2 Å². The fourth-order valence-corrected chi connectivity index (χ4v) is 1.63. The maximum absolute atomic E-state index is 8.70. The molecule has 0 amide bonds. The van der Waals surface area contributed by atoms with Crippen molar-refractivity contribution in [1.82, 2.24) is 19.7 Å². The van der Waals surface area contributed by atoms with Gasteiger partial charge in [-0.25, -0.2) is 4.98 Å². The van der Waals surface area contributed by atoms with Gasteiger partial charge in [0.25, 0.3) is 0 Å². The van der Waals surface area contributed by atoms with E-state index in [2.05, 4.69) is 15.2 Å². The lowest BCUT2D eigenvalue weighted by Crippen LogP contribution is -2.00. The van der Waals surface area contributed by atoms with Crippen molar-refractivity contribution in [3.05, 3.63) is 23.2 Å². The van der Waals surface area contributed by atoms with Gasteiger partial charge >= 0.3 is 0 Å². The van der Waals surface area contributed by atoms with Crippen LogP contribution < -0.4 is 5.73 Å². The van der Waals surface area contributed by atoms with E-state index < -0.39 is 0 Å². The smallest absolute Gasteiger partial charge is 0.213 e. The van der Waals surface area contributed by atoms with Crippen LogP contribution in [0.15, 0.2) is 12.4 Å². The molecule has 0 atom stereocenters. The van der Waals surface area contributed by atoms with Crippen molar-refractivity contribution >= 4 is 16.5 Å². The summed E-state index contributed by atoms with van der Waals surface area (Å²) in [5.41, 5.74) is 5.43. The minimum Gasteiger partial charge on any atom is -0.374 e. The highest BCUT2D eigenvalue weighted by molar-refractivity contribution is 7.15. The molecule has 7 heteroatoms. The van der Waals surface area contributed by atoms with Crippen molar-refractivity contribution in [1.29, 1.82) is 5.26 Å². The molecular formula is C7H6N6S. The summed E-state index contributed by atoms with van der Waals surface area (Å²) in [5, 5.41) is 17.4. The van der Waals surface area contributed by atoms with Gasteiger partial charge in [-0.3, -0.25) is 0 Å². The van der Waals surface area contributed by atoms with Gasteiger partial charge in [-0.1, -0.05) is 11.3 Å². The highest BCUT2D eigenvalue weighted by Crippen LogP contribution is 2.12. The molecule has 0 saturated heterocycles. The van der Waals surface area contributed by atoms with Crippen molar-refractivity contribution in [3.63, 3.8) is 0 Å². The zero-order chi connectivity index (χ0) is 9.97. The van der Waals surface area contributed by atoms with Crippen molar-refractivity contribution < 1.29 is 0 Å². The van der Waals surface area contributed by atoms with Gasteiger partial charge in [-0.2, -0.15) is 5.26 Å².